The van der Waals surface area contributed by atoms with E-state index in [1.165, 1.54) is 0 Å². The lowest BCUT2D eigenvalue weighted by molar-refractivity contribution is 0.232. The first-order valence-corrected chi connectivity index (χ1v) is 4.91. The highest BCUT2D eigenvalue weighted by molar-refractivity contribution is 9.10. The number of nitrogens with one attached hydrogen (secondary N) is 1. The number of hydrogen-bond acceptors (Lipinski definition) is 2. The fourth-order valence-electron chi connectivity index (χ4n) is 1.05. The Labute approximate surface area is 90.9 Å². The first-order chi connectivity index (χ1) is 6.63. The molecule has 0 saturated carbocycles. The third-order valence-electron chi connectivity index (χ3n) is 1.80. The van der Waals surface area contributed by atoms with Gasteiger partial charge in [0.1, 0.15) is 0 Å². The highest BCUT2D eigenvalue weighted by Gasteiger charge is 2.03. The van der Waals surface area contributed by atoms with E-state index in [0.717, 1.165) is 10.0 Å². The summed E-state index contributed by atoms with van der Waals surface area (Å²) < 4.78 is 1.02. The van der Waals surface area contributed by atoms with Gasteiger partial charge in [-0.2, -0.15) is 0 Å². The maximum atomic E-state index is 8.46. The summed E-state index contributed by atoms with van der Waals surface area (Å²) in [6, 6.07) is 7.68. The largest absolute Gasteiger partial charge is 0.368 e. The summed E-state index contributed by atoms with van der Waals surface area (Å²) in [5, 5.41) is 8.46. The average molecular weight is 258 g/mol. The van der Waals surface area contributed by atoms with Crippen molar-refractivity contribution < 1.29 is 5.21 Å². The molecule has 1 atom stereocenters. The van der Waals surface area contributed by atoms with Crippen molar-refractivity contribution in [2.45, 2.75) is 13.0 Å². The van der Waals surface area contributed by atoms with E-state index in [1.807, 2.05) is 31.2 Å². The Hall–Kier alpha value is -1.07. The van der Waals surface area contributed by atoms with Gasteiger partial charge in [-0.25, -0.2) is 10.5 Å². The molecule has 0 aromatic heterocycles. The Morgan fingerprint density at radius 1 is 1.50 bits per heavy atom. The third kappa shape index (κ3) is 3.01. The molecule has 14 heavy (non-hydrogen) atoms. The van der Waals surface area contributed by atoms with Crippen LogP contribution in [0.3, 0.4) is 0 Å². The minimum absolute atomic E-state index is 0.0143. The molecule has 0 bridgehead atoms. The maximum absolute atomic E-state index is 8.46. The van der Waals surface area contributed by atoms with Gasteiger partial charge in [-0.15, -0.1) is 0 Å². The van der Waals surface area contributed by atoms with E-state index >= 15 is 0 Å². The number of rotatable bonds is 2. The summed E-state index contributed by atoms with van der Waals surface area (Å²) in [4.78, 5) is 4.01. The van der Waals surface area contributed by atoms with E-state index in [9.17, 15) is 0 Å². The fraction of sp³-hybridized carbons (Fsp3) is 0.222. The van der Waals surface area contributed by atoms with Crippen molar-refractivity contribution in [3.05, 3.63) is 34.3 Å². The number of benzene rings is 1. The van der Waals surface area contributed by atoms with Crippen molar-refractivity contribution in [3.63, 3.8) is 0 Å². The highest BCUT2D eigenvalue weighted by atomic mass is 79.9. The summed E-state index contributed by atoms with van der Waals surface area (Å²) in [6.07, 6.45) is 0. The van der Waals surface area contributed by atoms with Gasteiger partial charge in [0.2, 0.25) is 5.96 Å². The second-order valence-electron chi connectivity index (χ2n) is 2.85. The molecule has 0 aliphatic rings. The van der Waals surface area contributed by atoms with Crippen LogP contribution in [0.4, 0.5) is 0 Å². The van der Waals surface area contributed by atoms with Crippen LogP contribution in [-0.4, -0.2) is 11.2 Å². The predicted octanol–water partition coefficient (Wildman–Crippen LogP) is 1.80. The third-order valence-corrected chi connectivity index (χ3v) is 2.33. The molecule has 0 saturated heterocycles. The van der Waals surface area contributed by atoms with Gasteiger partial charge in [0.05, 0.1) is 6.04 Å². The molecule has 76 valence electrons. The summed E-state index contributed by atoms with van der Waals surface area (Å²) in [7, 11) is 0. The number of nitrogens with zero attached hydrogens (tertiary/aromatic N) is 1. The Balaban J connectivity index is 2.79. The van der Waals surface area contributed by atoms with Gasteiger partial charge in [-0.3, -0.25) is 5.21 Å². The van der Waals surface area contributed by atoms with Crippen molar-refractivity contribution in [2.75, 3.05) is 0 Å². The van der Waals surface area contributed by atoms with Crippen LogP contribution in [-0.2, 0) is 0 Å². The normalized spacial score (nSPS) is 13.8. The van der Waals surface area contributed by atoms with Gasteiger partial charge >= 0.3 is 0 Å². The van der Waals surface area contributed by atoms with Gasteiger partial charge in [0.15, 0.2) is 0 Å². The zero-order valence-corrected chi connectivity index (χ0v) is 9.32. The molecule has 0 aliphatic heterocycles. The lowest BCUT2D eigenvalue weighted by Gasteiger charge is -2.07. The van der Waals surface area contributed by atoms with Gasteiger partial charge < -0.3 is 5.73 Å². The Bertz CT molecular complexity index is 323. The van der Waals surface area contributed by atoms with Crippen LogP contribution in [0.2, 0.25) is 0 Å². The van der Waals surface area contributed by atoms with E-state index < -0.39 is 0 Å². The second kappa shape index (κ2) is 4.97. The second-order valence-corrected chi connectivity index (χ2v) is 3.77. The van der Waals surface area contributed by atoms with Crippen molar-refractivity contribution in [1.29, 1.82) is 0 Å². The van der Waals surface area contributed by atoms with E-state index in [0.29, 0.717) is 0 Å². The molecule has 1 unspecified atom stereocenters. The molecule has 0 fully saturated rings. The highest BCUT2D eigenvalue weighted by Crippen LogP contribution is 2.18. The number of aliphatic imine (C=N–C) groups is 1. The number of hydrogen-bond donors (Lipinski definition) is 3. The average Bonchev–Trinajstić information content (AvgIpc) is 2.18. The molecule has 4 nitrogen and oxygen atoms in total. The zero-order valence-electron chi connectivity index (χ0n) is 7.74. The maximum Gasteiger partial charge on any atom is 0.213 e. The SMILES string of the molecule is CC(N=C(N)NO)c1ccc(Br)cc1. The molecule has 1 rings (SSSR count). The Morgan fingerprint density at radius 3 is 2.57 bits per heavy atom. The molecule has 0 aliphatic carbocycles. The molecular formula is C9H12BrN3O. The van der Waals surface area contributed by atoms with Crippen LogP contribution in [0.25, 0.3) is 0 Å². The van der Waals surface area contributed by atoms with Crippen LogP contribution >= 0.6 is 15.9 Å². The van der Waals surface area contributed by atoms with Crippen molar-refractivity contribution >= 4 is 21.9 Å². The predicted molar refractivity (Wildman–Crippen MR) is 59.1 cm³/mol. The van der Waals surface area contributed by atoms with E-state index in [1.54, 1.807) is 5.48 Å². The molecule has 1 aromatic rings. The minimum Gasteiger partial charge on any atom is -0.368 e. The van der Waals surface area contributed by atoms with Crippen molar-refractivity contribution in [3.8, 4) is 0 Å². The molecule has 5 heteroatoms. The van der Waals surface area contributed by atoms with Crippen LogP contribution in [0.15, 0.2) is 33.7 Å². The molecule has 1 aromatic carbocycles. The van der Waals surface area contributed by atoms with Gasteiger partial charge in [-0.1, -0.05) is 28.1 Å². The summed E-state index contributed by atoms with van der Waals surface area (Å²) >= 11 is 3.35. The fourth-order valence-corrected chi connectivity index (χ4v) is 1.32. The first-order valence-electron chi connectivity index (χ1n) is 4.12. The number of nitrogens with two attached hydrogens (primary N) is 1. The lowest BCUT2D eigenvalue weighted by atomic mass is 10.1. The molecular weight excluding hydrogens is 246 g/mol. The molecule has 0 amide bonds. The summed E-state index contributed by atoms with van der Waals surface area (Å²) in [5.74, 6) is 0.0143. The van der Waals surface area contributed by atoms with Crippen LogP contribution < -0.4 is 11.2 Å². The topological polar surface area (TPSA) is 70.6 Å². The monoisotopic (exact) mass is 257 g/mol. The smallest absolute Gasteiger partial charge is 0.213 e. The van der Waals surface area contributed by atoms with E-state index in [2.05, 4.69) is 20.9 Å². The van der Waals surface area contributed by atoms with Crippen LogP contribution in [0.1, 0.15) is 18.5 Å². The Kier molecular flexibility index (Phi) is 3.91. The van der Waals surface area contributed by atoms with Gasteiger partial charge in [0, 0.05) is 4.47 Å². The quantitative estimate of drug-likeness (QED) is 0.430. The summed E-state index contributed by atoms with van der Waals surface area (Å²) in [6.45, 7) is 1.90. The molecule has 4 N–H and O–H groups in total. The van der Waals surface area contributed by atoms with Crippen molar-refractivity contribution in [2.24, 2.45) is 10.7 Å². The number of halogens is 1. The number of guanidine groups is 1. The van der Waals surface area contributed by atoms with Gasteiger partial charge in [0.25, 0.3) is 0 Å². The minimum atomic E-state index is -0.0808. The Morgan fingerprint density at radius 2 is 2.07 bits per heavy atom. The standard InChI is InChI=1S/C9H12BrN3O/c1-6(12-9(11)13-14)7-2-4-8(10)5-3-7/h2-6,14H,1H3,(H3,11,12,13). The zero-order chi connectivity index (χ0) is 10.6. The molecule has 0 radical (unpaired) electrons. The first kappa shape index (κ1) is 11.0. The van der Waals surface area contributed by atoms with E-state index in [-0.39, 0.29) is 12.0 Å². The van der Waals surface area contributed by atoms with Gasteiger partial charge in [-0.05, 0) is 24.6 Å². The lowest BCUT2D eigenvalue weighted by Crippen LogP contribution is -2.28. The van der Waals surface area contributed by atoms with Crippen molar-refractivity contribution in [1.82, 2.24) is 5.48 Å². The van der Waals surface area contributed by atoms with E-state index in [4.69, 9.17) is 10.9 Å². The van der Waals surface area contributed by atoms with Crippen LogP contribution in [0, 0.1) is 0 Å². The molecule has 0 spiro atoms. The number of hydroxylamine groups is 1. The van der Waals surface area contributed by atoms with Crippen LogP contribution in [0.5, 0.6) is 0 Å². The molecule has 0 heterocycles. The summed E-state index contributed by atoms with van der Waals surface area (Å²) in [5.41, 5.74) is 8.15.